The number of rotatable bonds is 2. The zero-order valence-corrected chi connectivity index (χ0v) is 18.0. The number of benzene rings is 3. The molecule has 0 bridgehead atoms. The van der Waals surface area contributed by atoms with Crippen molar-refractivity contribution in [1.29, 1.82) is 0 Å². The highest BCUT2D eigenvalue weighted by Crippen LogP contribution is 2.42. The van der Waals surface area contributed by atoms with Gasteiger partial charge in [0.1, 0.15) is 10.8 Å². The van der Waals surface area contributed by atoms with Crippen molar-refractivity contribution in [2.24, 2.45) is 0 Å². The highest BCUT2D eigenvalue weighted by molar-refractivity contribution is 7.21. The van der Waals surface area contributed by atoms with Crippen LogP contribution in [0.3, 0.4) is 0 Å². The van der Waals surface area contributed by atoms with E-state index in [9.17, 15) is 5.11 Å². The lowest BCUT2D eigenvalue weighted by molar-refractivity contribution is 0.477. The standard InChI is InChI=1S/C26H22N2OS/c1-26(2,3)17-14-20(18-11-6-8-16-9-7-13-27-23(16)18)24-22(15-17)30-25(28-24)19-10-4-5-12-21(19)29/h4-15,29H,1-3H3. The van der Waals surface area contributed by atoms with Gasteiger partial charge in [-0.15, -0.1) is 11.3 Å². The van der Waals surface area contributed by atoms with E-state index in [-0.39, 0.29) is 11.2 Å². The minimum absolute atomic E-state index is 0.00000831. The fourth-order valence-electron chi connectivity index (χ4n) is 3.76. The summed E-state index contributed by atoms with van der Waals surface area (Å²) in [7, 11) is 0. The van der Waals surface area contributed by atoms with Crippen LogP contribution in [0.4, 0.5) is 0 Å². The molecule has 0 saturated carbocycles. The largest absolute Gasteiger partial charge is 0.507 e. The molecular formula is C26H22N2OS. The Kier molecular flexibility index (Phi) is 4.33. The van der Waals surface area contributed by atoms with Crippen molar-refractivity contribution in [2.45, 2.75) is 26.2 Å². The molecule has 0 fully saturated rings. The van der Waals surface area contributed by atoms with Crippen molar-refractivity contribution in [3.63, 3.8) is 0 Å². The zero-order valence-electron chi connectivity index (χ0n) is 17.2. The average molecular weight is 411 g/mol. The van der Waals surface area contributed by atoms with Crippen LogP contribution in [0.25, 0.3) is 42.8 Å². The number of nitrogens with zero attached hydrogens (tertiary/aromatic N) is 2. The van der Waals surface area contributed by atoms with Crippen LogP contribution >= 0.6 is 11.3 Å². The third-order valence-corrected chi connectivity index (χ3v) is 6.45. The third kappa shape index (κ3) is 3.14. The number of thiazole rings is 1. The van der Waals surface area contributed by atoms with Crippen LogP contribution in [-0.2, 0) is 5.41 Å². The molecule has 148 valence electrons. The molecule has 0 spiro atoms. The molecule has 0 radical (unpaired) electrons. The number of para-hydroxylation sites is 2. The summed E-state index contributed by atoms with van der Waals surface area (Å²) >= 11 is 1.62. The van der Waals surface area contributed by atoms with E-state index in [0.29, 0.717) is 0 Å². The maximum atomic E-state index is 10.4. The Labute approximate surface area is 179 Å². The molecule has 2 heterocycles. The van der Waals surface area contributed by atoms with Crippen LogP contribution in [0.1, 0.15) is 26.3 Å². The van der Waals surface area contributed by atoms with Crippen molar-refractivity contribution in [2.75, 3.05) is 0 Å². The van der Waals surface area contributed by atoms with Crippen molar-refractivity contribution in [1.82, 2.24) is 9.97 Å². The van der Waals surface area contributed by atoms with E-state index in [1.807, 2.05) is 30.5 Å². The van der Waals surface area contributed by atoms with Crippen LogP contribution in [0.15, 0.2) is 72.9 Å². The van der Waals surface area contributed by atoms with Gasteiger partial charge in [-0.3, -0.25) is 4.98 Å². The maximum Gasteiger partial charge on any atom is 0.128 e. The summed E-state index contributed by atoms with van der Waals surface area (Å²) in [6.07, 6.45) is 1.84. The molecule has 5 rings (SSSR count). The van der Waals surface area contributed by atoms with Gasteiger partial charge in [0, 0.05) is 22.7 Å². The van der Waals surface area contributed by atoms with E-state index in [4.69, 9.17) is 4.98 Å². The van der Waals surface area contributed by atoms with Gasteiger partial charge in [0.25, 0.3) is 0 Å². The Bertz CT molecular complexity index is 1390. The second-order valence-corrected chi connectivity index (χ2v) is 9.57. The number of hydrogen-bond acceptors (Lipinski definition) is 4. The van der Waals surface area contributed by atoms with Gasteiger partial charge in [-0.1, -0.05) is 57.2 Å². The Morgan fingerprint density at radius 1 is 0.800 bits per heavy atom. The van der Waals surface area contributed by atoms with Crippen LogP contribution < -0.4 is 0 Å². The molecule has 1 N–H and O–H groups in total. The summed E-state index contributed by atoms with van der Waals surface area (Å²) in [5, 5.41) is 12.3. The first-order valence-corrected chi connectivity index (χ1v) is 10.8. The van der Waals surface area contributed by atoms with Gasteiger partial charge in [-0.25, -0.2) is 4.98 Å². The summed E-state index contributed by atoms with van der Waals surface area (Å²) < 4.78 is 1.11. The fraction of sp³-hybridized carbons (Fsp3) is 0.154. The van der Waals surface area contributed by atoms with Crippen LogP contribution in [0.5, 0.6) is 5.75 Å². The first-order valence-electron chi connectivity index (χ1n) is 9.99. The zero-order chi connectivity index (χ0) is 20.9. The molecule has 0 atom stereocenters. The third-order valence-electron chi connectivity index (χ3n) is 5.42. The predicted molar refractivity (Wildman–Crippen MR) is 126 cm³/mol. The van der Waals surface area contributed by atoms with Crippen LogP contribution in [0.2, 0.25) is 0 Å². The Balaban J connectivity index is 1.85. The monoisotopic (exact) mass is 410 g/mol. The molecule has 3 aromatic carbocycles. The average Bonchev–Trinajstić information content (AvgIpc) is 3.16. The van der Waals surface area contributed by atoms with Crippen molar-refractivity contribution in [3.8, 4) is 27.4 Å². The molecule has 0 aliphatic carbocycles. The lowest BCUT2D eigenvalue weighted by Gasteiger charge is -2.20. The quantitative estimate of drug-likeness (QED) is 0.335. The SMILES string of the molecule is CC(C)(C)c1cc(-c2cccc3cccnc23)c2nc(-c3ccccc3O)sc2c1. The molecule has 0 aliphatic rings. The highest BCUT2D eigenvalue weighted by Gasteiger charge is 2.21. The minimum Gasteiger partial charge on any atom is -0.507 e. The molecule has 0 amide bonds. The van der Waals surface area contributed by atoms with Crippen molar-refractivity contribution in [3.05, 3.63) is 78.5 Å². The Hall–Kier alpha value is -3.24. The number of hydrogen-bond donors (Lipinski definition) is 1. The molecule has 0 aliphatic heterocycles. The van der Waals surface area contributed by atoms with E-state index >= 15 is 0 Å². The van der Waals surface area contributed by atoms with Crippen molar-refractivity contribution < 1.29 is 5.11 Å². The number of pyridine rings is 1. The number of aromatic nitrogens is 2. The van der Waals surface area contributed by atoms with Crippen LogP contribution in [0, 0.1) is 0 Å². The van der Waals surface area contributed by atoms with Gasteiger partial charge in [0.2, 0.25) is 0 Å². The molecule has 4 heteroatoms. The van der Waals surface area contributed by atoms with Gasteiger partial charge in [0.05, 0.1) is 21.3 Å². The first kappa shape index (κ1) is 18.8. The lowest BCUT2D eigenvalue weighted by atomic mass is 9.85. The molecular weight excluding hydrogens is 388 g/mol. The molecule has 0 unspecified atom stereocenters. The number of phenolic OH excluding ortho intramolecular Hbond substituents is 1. The molecule has 3 nitrogen and oxygen atoms in total. The van der Waals surface area contributed by atoms with Crippen molar-refractivity contribution >= 4 is 32.5 Å². The highest BCUT2D eigenvalue weighted by atomic mass is 32.1. The number of aromatic hydroxyl groups is 1. The Morgan fingerprint density at radius 3 is 2.37 bits per heavy atom. The second kappa shape index (κ2) is 6.92. The van der Waals surface area contributed by atoms with Crippen LogP contribution in [-0.4, -0.2) is 15.1 Å². The van der Waals surface area contributed by atoms with Gasteiger partial charge < -0.3 is 5.11 Å². The van der Waals surface area contributed by atoms with Gasteiger partial charge in [-0.05, 0) is 41.3 Å². The van der Waals surface area contributed by atoms with E-state index in [0.717, 1.165) is 42.8 Å². The molecule has 0 saturated heterocycles. The summed E-state index contributed by atoms with van der Waals surface area (Å²) in [6.45, 7) is 6.68. The Morgan fingerprint density at radius 2 is 1.57 bits per heavy atom. The number of phenols is 1. The van der Waals surface area contributed by atoms with E-state index in [1.54, 1.807) is 17.4 Å². The summed E-state index contributed by atoms with van der Waals surface area (Å²) in [6, 6.07) is 22.2. The summed E-state index contributed by atoms with van der Waals surface area (Å²) in [5.41, 5.74) is 6.11. The number of fused-ring (bicyclic) bond motifs is 2. The second-order valence-electron chi connectivity index (χ2n) is 8.54. The van der Waals surface area contributed by atoms with Gasteiger partial charge in [-0.2, -0.15) is 0 Å². The minimum atomic E-state index is -0.00000831. The molecule has 2 aromatic heterocycles. The summed E-state index contributed by atoms with van der Waals surface area (Å²) in [5.74, 6) is 0.251. The van der Waals surface area contributed by atoms with Gasteiger partial charge in [0.15, 0.2) is 0 Å². The smallest absolute Gasteiger partial charge is 0.128 e. The van der Waals surface area contributed by atoms with Gasteiger partial charge >= 0.3 is 0 Å². The van der Waals surface area contributed by atoms with E-state index < -0.39 is 0 Å². The lowest BCUT2D eigenvalue weighted by Crippen LogP contribution is -2.11. The maximum absolute atomic E-state index is 10.4. The summed E-state index contributed by atoms with van der Waals surface area (Å²) in [4.78, 5) is 9.65. The fourth-order valence-corrected chi connectivity index (χ4v) is 4.83. The first-order chi connectivity index (χ1) is 14.4. The topological polar surface area (TPSA) is 46.0 Å². The predicted octanol–water partition coefficient (Wildman–Crippen LogP) is 7.18. The normalized spacial score (nSPS) is 12.0. The molecule has 5 aromatic rings. The van der Waals surface area contributed by atoms with E-state index in [2.05, 4.69) is 62.2 Å². The van der Waals surface area contributed by atoms with E-state index in [1.165, 1.54) is 5.56 Å². The molecule has 30 heavy (non-hydrogen) atoms.